The summed E-state index contributed by atoms with van der Waals surface area (Å²) in [6.45, 7) is 3.03. The molecule has 2 aromatic carbocycles. The molecule has 28 heavy (non-hydrogen) atoms. The van der Waals surface area contributed by atoms with E-state index in [9.17, 15) is 18.1 Å². The minimum absolute atomic E-state index is 0.0171. The van der Waals surface area contributed by atoms with Gasteiger partial charge in [0, 0.05) is 13.1 Å². The maximum atomic E-state index is 14.7. The molecule has 1 aliphatic rings. The predicted molar refractivity (Wildman–Crippen MR) is 107 cm³/mol. The van der Waals surface area contributed by atoms with Gasteiger partial charge in [0.25, 0.3) is 0 Å². The van der Waals surface area contributed by atoms with E-state index in [4.69, 9.17) is 0 Å². The third-order valence-corrected chi connectivity index (χ3v) is 6.56. The number of benzene rings is 2. The van der Waals surface area contributed by atoms with Crippen molar-refractivity contribution in [2.45, 2.75) is 26.3 Å². The van der Waals surface area contributed by atoms with Crippen molar-refractivity contribution >= 4 is 21.6 Å². The summed E-state index contributed by atoms with van der Waals surface area (Å²) in [4.78, 5) is 0. The number of nitriles is 1. The Morgan fingerprint density at radius 3 is 2.61 bits per heavy atom. The molecule has 0 atom stereocenters. The van der Waals surface area contributed by atoms with Crippen LogP contribution in [0, 0.1) is 24.1 Å². The lowest BCUT2D eigenvalue weighted by Gasteiger charge is -2.37. The van der Waals surface area contributed by atoms with Crippen LogP contribution in [0.1, 0.15) is 29.5 Å². The number of hydrogen-bond acceptors (Lipinski definition) is 4. The Labute approximate surface area is 165 Å². The topological polar surface area (TPSA) is 76.4 Å². The Balaban J connectivity index is 2.08. The zero-order chi connectivity index (χ0) is 20.3. The molecular formula is C20H23FN4O2S. The maximum absolute atomic E-state index is 14.7. The number of fused-ring (bicyclic) bond motifs is 1. The predicted octanol–water partition coefficient (Wildman–Crippen LogP) is 3.20. The first kappa shape index (κ1) is 20.3. The van der Waals surface area contributed by atoms with E-state index < -0.39 is 16.0 Å². The van der Waals surface area contributed by atoms with Crippen LogP contribution in [0.15, 0.2) is 36.4 Å². The number of aryl methyl sites for hydroxylation is 1. The van der Waals surface area contributed by atoms with Crippen LogP contribution >= 0.6 is 0 Å². The molecule has 0 spiro atoms. The summed E-state index contributed by atoms with van der Waals surface area (Å²) in [5.41, 5.74) is 2.20. The highest BCUT2D eigenvalue weighted by Crippen LogP contribution is 2.40. The Kier molecular flexibility index (Phi) is 5.98. The average Bonchev–Trinajstić information content (AvgIpc) is 2.66. The van der Waals surface area contributed by atoms with Crippen LogP contribution in [0.3, 0.4) is 0 Å². The first-order chi connectivity index (χ1) is 13.4. The second-order valence-electron chi connectivity index (χ2n) is 6.83. The first-order valence-corrected chi connectivity index (χ1v) is 10.5. The molecule has 148 valence electrons. The number of nitrogens with zero attached hydrogens (tertiary/aromatic N) is 3. The van der Waals surface area contributed by atoms with Gasteiger partial charge >= 0.3 is 10.2 Å². The smallest absolute Gasteiger partial charge is 0.308 e. The van der Waals surface area contributed by atoms with Crippen molar-refractivity contribution in [3.05, 3.63) is 58.9 Å². The third kappa shape index (κ3) is 3.87. The summed E-state index contributed by atoms with van der Waals surface area (Å²) in [6.07, 6.45) is 1.50. The van der Waals surface area contributed by atoms with Gasteiger partial charge in [-0.05, 0) is 74.8 Å². The molecule has 1 aliphatic heterocycles. The zero-order valence-corrected chi connectivity index (χ0v) is 16.8. The second kappa shape index (κ2) is 8.27. The highest BCUT2D eigenvalue weighted by molar-refractivity contribution is 7.90. The molecule has 8 heteroatoms. The van der Waals surface area contributed by atoms with Crippen LogP contribution in [0.5, 0.6) is 0 Å². The van der Waals surface area contributed by atoms with Gasteiger partial charge in [-0.15, -0.1) is 0 Å². The SMILES string of the molecule is CNCCCCN1Cc2cc(C#N)ccc2N(c2ccc(C)cc2F)S1(=O)=O. The zero-order valence-electron chi connectivity index (χ0n) is 15.9. The largest absolute Gasteiger partial charge is 0.320 e. The van der Waals surface area contributed by atoms with Crippen molar-refractivity contribution < 1.29 is 12.8 Å². The lowest BCUT2D eigenvalue weighted by molar-refractivity contribution is 0.388. The summed E-state index contributed by atoms with van der Waals surface area (Å²) in [5, 5.41) is 12.2. The van der Waals surface area contributed by atoms with E-state index in [1.54, 1.807) is 31.2 Å². The van der Waals surface area contributed by atoms with Crippen molar-refractivity contribution in [1.82, 2.24) is 9.62 Å². The van der Waals surface area contributed by atoms with Gasteiger partial charge in [0.2, 0.25) is 0 Å². The molecule has 0 aromatic heterocycles. The van der Waals surface area contributed by atoms with E-state index in [2.05, 4.69) is 11.4 Å². The number of nitrogens with one attached hydrogen (secondary N) is 1. The monoisotopic (exact) mass is 402 g/mol. The maximum Gasteiger partial charge on any atom is 0.308 e. The molecule has 0 amide bonds. The first-order valence-electron chi connectivity index (χ1n) is 9.12. The molecule has 0 radical (unpaired) electrons. The van der Waals surface area contributed by atoms with Crippen LogP contribution in [0.4, 0.5) is 15.8 Å². The Morgan fingerprint density at radius 2 is 1.93 bits per heavy atom. The second-order valence-corrected chi connectivity index (χ2v) is 8.60. The molecule has 3 rings (SSSR count). The molecule has 1 heterocycles. The fraction of sp³-hybridized carbons (Fsp3) is 0.350. The number of anilines is 2. The minimum Gasteiger partial charge on any atom is -0.320 e. The summed E-state index contributed by atoms with van der Waals surface area (Å²) < 4.78 is 43.8. The van der Waals surface area contributed by atoms with Crippen molar-refractivity contribution in [2.24, 2.45) is 0 Å². The standard InChI is InChI=1S/C20H23FN4O2S/c1-15-5-7-20(18(21)11-15)25-19-8-6-16(13-22)12-17(19)14-24(28(25,26)27)10-4-3-9-23-2/h5-8,11-12,23H,3-4,9-10,14H2,1-2H3. The Bertz CT molecular complexity index is 1020. The van der Waals surface area contributed by atoms with Crippen molar-refractivity contribution in [3.63, 3.8) is 0 Å². The molecule has 0 unspecified atom stereocenters. The normalized spacial score (nSPS) is 15.9. The van der Waals surface area contributed by atoms with Crippen LogP contribution in [-0.4, -0.2) is 32.9 Å². The number of hydrogen-bond donors (Lipinski definition) is 1. The summed E-state index contributed by atoms with van der Waals surface area (Å²) in [5.74, 6) is -0.601. The van der Waals surface area contributed by atoms with E-state index >= 15 is 0 Å². The van der Waals surface area contributed by atoms with Crippen LogP contribution in [0.25, 0.3) is 0 Å². The van der Waals surface area contributed by atoms with Gasteiger partial charge < -0.3 is 5.32 Å². The van der Waals surface area contributed by atoms with Gasteiger partial charge in [-0.2, -0.15) is 18.0 Å². The lowest BCUT2D eigenvalue weighted by Crippen LogP contribution is -2.46. The third-order valence-electron chi connectivity index (χ3n) is 4.74. The molecule has 0 saturated carbocycles. The van der Waals surface area contributed by atoms with E-state index in [0.717, 1.165) is 17.3 Å². The van der Waals surface area contributed by atoms with E-state index in [-0.39, 0.29) is 12.2 Å². The lowest BCUT2D eigenvalue weighted by atomic mass is 10.1. The quantitative estimate of drug-likeness (QED) is 0.753. The molecule has 6 nitrogen and oxygen atoms in total. The molecular weight excluding hydrogens is 379 g/mol. The van der Waals surface area contributed by atoms with Gasteiger partial charge in [0.1, 0.15) is 5.82 Å². The molecule has 0 bridgehead atoms. The van der Waals surface area contributed by atoms with E-state index in [0.29, 0.717) is 35.3 Å². The van der Waals surface area contributed by atoms with Gasteiger partial charge in [0.05, 0.1) is 23.0 Å². The molecule has 0 saturated heterocycles. The van der Waals surface area contributed by atoms with Gasteiger partial charge in [0.15, 0.2) is 0 Å². The Morgan fingerprint density at radius 1 is 1.18 bits per heavy atom. The minimum atomic E-state index is -3.95. The van der Waals surface area contributed by atoms with Crippen molar-refractivity contribution in [3.8, 4) is 6.07 Å². The van der Waals surface area contributed by atoms with Crippen LogP contribution < -0.4 is 9.62 Å². The summed E-state index contributed by atoms with van der Waals surface area (Å²) in [6, 6.07) is 11.4. The van der Waals surface area contributed by atoms with Crippen LogP contribution in [-0.2, 0) is 16.8 Å². The Hall–Kier alpha value is -2.47. The summed E-state index contributed by atoms with van der Waals surface area (Å²) in [7, 11) is -2.10. The van der Waals surface area contributed by atoms with Gasteiger partial charge in [-0.3, -0.25) is 0 Å². The van der Waals surface area contributed by atoms with Gasteiger partial charge in [-0.25, -0.2) is 8.70 Å². The average molecular weight is 402 g/mol. The molecule has 0 aliphatic carbocycles. The fourth-order valence-corrected chi connectivity index (χ4v) is 5.02. The van der Waals surface area contributed by atoms with Gasteiger partial charge in [-0.1, -0.05) is 6.07 Å². The fourth-order valence-electron chi connectivity index (χ4n) is 3.31. The molecule has 2 aromatic rings. The number of unbranched alkanes of at least 4 members (excludes halogenated alkanes) is 1. The number of halogens is 1. The highest BCUT2D eigenvalue weighted by atomic mass is 32.2. The summed E-state index contributed by atoms with van der Waals surface area (Å²) >= 11 is 0. The van der Waals surface area contributed by atoms with E-state index in [1.165, 1.54) is 16.4 Å². The van der Waals surface area contributed by atoms with Crippen molar-refractivity contribution in [2.75, 3.05) is 24.4 Å². The molecule has 1 N–H and O–H groups in total. The van der Waals surface area contributed by atoms with Crippen molar-refractivity contribution in [1.29, 1.82) is 5.26 Å². The van der Waals surface area contributed by atoms with Crippen LogP contribution in [0.2, 0.25) is 0 Å². The number of rotatable bonds is 6. The van der Waals surface area contributed by atoms with E-state index in [1.807, 2.05) is 7.05 Å². The highest BCUT2D eigenvalue weighted by Gasteiger charge is 2.38. The molecule has 0 fully saturated rings.